The zero-order valence-corrected chi connectivity index (χ0v) is 9.96. The van der Waals surface area contributed by atoms with E-state index in [1.165, 1.54) is 51.4 Å². The van der Waals surface area contributed by atoms with Crippen LogP contribution in [0, 0.1) is 0 Å². The van der Waals surface area contributed by atoms with Crippen molar-refractivity contribution < 1.29 is 0 Å². The fraction of sp³-hybridized carbons (Fsp3) is 0.909. The summed E-state index contributed by atoms with van der Waals surface area (Å²) in [6.07, 6.45) is 10.9. The first-order valence-corrected chi connectivity index (χ1v) is 6.22. The van der Waals surface area contributed by atoms with Crippen LogP contribution >= 0.6 is 12.2 Å². The van der Waals surface area contributed by atoms with Gasteiger partial charge in [-0.15, -0.1) is 0 Å². The van der Waals surface area contributed by atoms with E-state index >= 15 is 0 Å². The molecule has 0 aromatic carbocycles. The first kappa shape index (κ1) is 11.8. The van der Waals surface area contributed by atoms with Crippen LogP contribution in [-0.2, 0) is 0 Å². The van der Waals surface area contributed by atoms with Gasteiger partial charge in [0.1, 0.15) is 0 Å². The van der Waals surface area contributed by atoms with Gasteiger partial charge in [0, 0.05) is 13.1 Å². The zero-order valence-electron chi connectivity index (χ0n) is 9.14. The summed E-state index contributed by atoms with van der Waals surface area (Å²) in [5.41, 5.74) is 0. The smallest absolute Gasteiger partial charge is 0.166 e. The van der Waals surface area contributed by atoms with E-state index in [0.717, 1.165) is 5.11 Å². The summed E-state index contributed by atoms with van der Waals surface area (Å²) in [6.45, 7) is 0. The van der Waals surface area contributed by atoms with Gasteiger partial charge in [-0.1, -0.05) is 38.5 Å². The van der Waals surface area contributed by atoms with Gasteiger partial charge < -0.3 is 10.6 Å². The van der Waals surface area contributed by atoms with E-state index in [-0.39, 0.29) is 0 Å². The molecule has 0 saturated heterocycles. The number of nitrogens with one attached hydrogen (secondary N) is 2. The summed E-state index contributed by atoms with van der Waals surface area (Å²) in [7, 11) is 1.88. The minimum Gasteiger partial charge on any atom is -0.366 e. The highest BCUT2D eigenvalue weighted by atomic mass is 32.1. The second-order valence-electron chi connectivity index (χ2n) is 4.12. The third-order valence-corrected chi connectivity index (χ3v) is 3.24. The maximum absolute atomic E-state index is 5.13. The molecule has 1 aliphatic carbocycles. The molecule has 0 atom stereocenters. The summed E-state index contributed by atoms with van der Waals surface area (Å²) in [4.78, 5) is 0. The van der Waals surface area contributed by atoms with E-state index in [0.29, 0.717) is 6.04 Å². The van der Waals surface area contributed by atoms with Crippen molar-refractivity contribution in [2.24, 2.45) is 0 Å². The normalized spacial score (nSPS) is 20.4. The van der Waals surface area contributed by atoms with Crippen molar-refractivity contribution in [1.29, 1.82) is 0 Å². The molecule has 0 bridgehead atoms. The molecule has 1 rings (SSSR count). The minimum absolute atomic E-state index is 0.605. The van der Waals surface area contributed by atoms with Gasteiger partial charge in [0.05, 0.1) is 0 Å². The Labute approximate surface area is 92.8 Å². The number of thiocarbonyl (C=S) groups is 1. The first-order valence-electron chi connectivity index (χ1n) is 5.81. The molecule has 0 aliphatic heterocycles. The summed E-state index contributed by atoms with van der Waals surface area (Å²) < 4.78 is 0. The molecule has 0 aromatic heterocycles. The highest BCUT2D eigenvalue weighted by Crippen LogP contribution is 2.16. The molecule has 0 amide bonds. The van der Waals surface area contributed by atoms with Crippen molar-refractivity contribution in [2.45, 2.75) is 57.4 Å². The molecule has 1 aliphatic rings. The van der Waals surface area contributed by atoms with E-state index in [1.54, 1.807) is 0 Å². The average molecular weight is 214 g/mol. The Kier molecular flexibility index (Phi) is 5.92. The Morgan fingerprint density at radius 2 is 1.50 bits per heavy atom. The second-order valence-corrected chi connectivity index (χ2v) is 4.53. The molecule has 0 aromatic rings. The number of rotatable bonds is 1. The molecule has 0 radical (unpaired) electrons. The SMILES string of the molecule is CNC(=S)NC1CCCCCCCC1. The molecular formula is C11H22N2S. The zero-order chi connectivity index (χ0) is 10.2. The average Bonchev–Trinajstić information content (AvgIpc) is 2.31. The van der Waals surface area contributed by atoms with Crippen molar-refractivity contribution in [3.05, 3.63) is 0 Å². The Morgan fingerprint density at radius 3 is 2.00 bits per heavy atom. The van der Waals surface area contributed by atoms with Crippen LogP contribution in [0.5, 0.6) is 0 Å². The monoisotopic (exact) mass is 214 g/mol. The van der Waals surface area contributed by atoms with E-state index in [4.69, 9.17) is 12.2 Å². The molecule has 14 heavy (non-hydrogen) atoms. The summed E-state index contributed by atoms with van der Waals surface area (Å²) in [5.74, 6) is 0. The van der Waals surface area contributed by atoms with Crippen LogP contribution in [0.3, 0.4) is 0 Å². The van der Waals surface area contributed by atoms with E-state index in [2.05, 4.69) is 10.6 Å². The molecule has 2 N–H and O–H groups in total. The van der Waals surface area contributed by atoms with E-state index in [1.807, 2.05) is 7.05 Å². The molecule has 1 fully saturated rings. The first-order chi connectivity index (χ1) is 6.83. The lowest BCUT2D eigenvalue weighted by Crippen LogP contribution is -2.40. The standard InChI is InChI=1S/C11H22N2S/c1-12-11(14)13-10-8-6-4-2-3-5-7-9-10/h10H,2-9H2,1H3,(H2,12,13,14). The predicted octanol–water partition coefficient (Wildman–Crippen LogP) is 2.58. The van der Waals surface area contributed by atoms with Gasteiger partial charge in [0.2, 0.25) is 0 Å². The van der Waals surface area contributed by atoms with Gasteiger partial charge in [0.15, 0.2) is 5.11 Å². The molecular weight excluding hydrogens is 192 g/mol. The highest BCUT2D eigenvalue weighted by molar-refractivity contribution is 7.80. The summed E-state index contributed by atoms with van der Waals surface area (Å²) >= 11 is 5.13. The lowest BCUT2D eigenvalue weighted by atomic mass is 10.1. The van der Waals surface area contributed by atoms with Crippen molar-refractivity contribution in [3.8, 4) is 0 Å². The summed E-state index contributed by atoms with van der Waals surface area (Å²) in [6, 6.07) is 0.605. The molecule has 1 saturated carbocycles. The lowest BCUT2D eigenvalue weighted by Gasteiger charge is -2.19. The van der Waals surface area contributed by atoms with Gasteiger partial charge in [-0.05, 0) is 25.1 Å². The van der Waals surface area contributed by atoms with Crippen LogP contribution in [0.1, 0.15) is 51.4 Å². The molecule has 0 unspecified atom stereocenters. The van der Waals surface area contributed by atoms with E-state index in [9.17, 15) is 0 Å². The fourth-order valence-electron chi connectivity index (χ4n) is 2.03. The quantitative estimate of drug-likeness (QED) is 0.656. The van der Waals surface area contributed by atoms with Crippen molar-refractivity contribution in [1.82, 2.24) is 10.6 Å². The Bertz CT molecular complexity index is 161. The van der Waals surface area contributed by atoms with Crippen molar-refractivity contribution in [3.63, 3.8) is 0 Å². The van der Waals surface area contributed by atoms with Crippen LogP contribution in [0.4, 0.5) is 0 Å². The molecule has 2 nitrogen and oxygen atoms in total. The van der Waals surface area contributed by atoms with Gasteiger partial charge in [-0.25, -0.2) is 0 Å². The van der Waals surface area contributed by atoms with Crippen LogP contribution in [0.2, 0.25) is 0 Å². The van der Waals surface area contributed by atoms with Crippen molar-refractivity contribution >= 4 is 17.3 Å². The largest absolute Gasteiger partial charge is 0.366 e. The Hall–Kier alpha value is -0.310. The van der Waals surface area contributed by atoms with Gasteiger partial charge in [-0.3, -0.25) is 0 Å². The maximum Gasteiger partial charge on any atom is 0.166 e. The number of hydrogen-bond acceptors (Lipinski definition) is 1. The topological polar surface area (TPSA) is 24.1 Å². The molecule has 0 spiro atoms. The van der Waals surface area contributed by atoms with Crippen LogP contribution < -0.4 is 10.6 Å². The lowest BCUT2D eigenvalue weighted by molar-refractivity contribution is 0.492. The third kappa shape index (κ3) is 4.80. The Morgan fingerprint density at radius 1 is 1.00 bits per heavy atom. The van der Waals surface area contributed by atoms with Crippen LogP contribution in [0.25, 0.3) is 0 Å². The van der Waals surface area contributed by atoms with Gasteiger partial charge in [0.25, 0.3) is 0 Å². The van der Waals surface area contributed by atoms with E-state index < -0.39 is 0 Å². The highest BCUT2D eigenvalue weighted by Gasteiger charge is 2.10. The van der Waals surface area contributed by atoms with Crippen LogP contribution in [0.15, 0.2) is 0 Å². The van der Waals surface area contributed by atoms with Crippen LogP contribution in [-0.4, -0.2) is 18.2 Å². The molecule has 82 valence electrons. The second kappa shape index (κ2) is 7.04. The minimum atomic E-state index is 0.605. The molecule has 0 heterocycles. The summed E-state index contributed by atoms with van der Waals surface area (Å²) in [5, 5.41) is 7.17. The number of hydrogen-bond donors (Lipinski definition) is 2. The van der Waals surface area contributed by atoms with Gasteiger partial charge in [-0.2, -0.15) is 0 Å². The maximum atomic E-state index is 5.13. The predicted molar refractivity (Wildman–Crippen MR) is 65.5 cm³/mol. The Balaban J connectivity index is 2.28. The third-order valence-electron chi connectivity index (χ3n) is 2.92. The van der Waals surface area contributed by atoms with Crippen molar-refractivity contribution in [2.75, 3.05) is 7.05 Å². The molecule has 3 heteroatoms. The van der Waals surface area contributed by atoms with Gasteiger partial charge >= 0.3 is 0 Å². The fourth-order valence-corrected chi connectivity index (χ4v) is 2.20.